The number of hydrogen-bond acceptors (Lipinski definition) is 3. The van der Waals surface area contributed by atoms with E-state index in [1.807, 2.05) is 54.6 Å². The molecule has 0 radical (unpaired) electrons. The smallest absolute Gasteiger partial charge is 0.251 e. The molecule has 2 atom stereocenters. The van der Waals surface area contributed by atoms with Crippen molar-refractivity contribution in [2.75, 3.05) is 19.7 Å². The second-order valence-corrected chi connectivity index (χ2v) is 8.58. The molecule has 1 unspecified atom stereocenters. The molecule has 1 heterocycles. The summed E-state index contributed by atoms with van der Waals surface area (Å²) in [5.74, 6) is -0.326. The molecule has 1 aliphatic rings. The lowest BCUT2D eigenvalue weighted by Crippen LogP contribution is -2.51. The van der Waals surface area contributed by atoms with Gasteiger partial charge in [0, 0.05) is 12.1 Å². The minimum atomic E-state index is -0.598. The van der Waals surface area contributed by atoms with Crippen molar-refractivity contribution in [3.8, 4) is 0 Å². The van der Waals surface area contributed by atoms with Crippen LogP contribution in [0, 0.1) is 0 Å². The molecule has 2 aromatic carbocycles. The summed E-state index contributed by atoms with van der Waals surface area (Å²) < 4.78 is 5.83. The third-order valence-corrected chi connectivity index (χ3v) is 5.28. The number of hydrogen-bond donors (Lipinski definition) is 1. The van der Waals surface area contributed by atoms with Crippen LogP contribution in [0.15, 0.2) is 54.6 Å². The van der Waals surface area contributed by atoms with E-state index in [-0.39, 0.29) is 23.3 Å². The van der Waals surface area contributed by atoms with Crippen molar-refractivity contribution in [2.24, 2.45) is 0 Å². The van der Waals surface area contributed by atoms with Crippen LogP contribution in [-0.2, 0) is 14.9 Å². The zero-order valence-electron chi connectivity index (χ0n) is 17.6. The van der Waals surface area contributed by atoms with Crippen LogP contribution in [0.25, 0.3) is 0 Å². The highest BCUT2D eigenvalue weighted by Crippen LogP contribution is 2.23. The van der Waals surface area contributed by atoms with Crippen LogP contribution in [0.2, 0.25) is 0 Å². The summed E-state index contributed by atoms with van der Waals surface area (Å²) in [5, 5.41) is 2.84. The molecule has 5 nitrogen and oxygen atoms in total. The lowest BCUT2D eigenvalue weighted by atomic mass is 9.86. The number of nitrogens with one attached hydrogen (secondary N) is 1. The second kappa shape index (κ2) is 8.78. The van der Waals surface area contributed by atoms with Gasteiger partial charge >= 0.3 is 0 Å². The van der Waals surface area contributed by atoms with Crippen molar-refractivity contribution >= 4 is 11.8 Å². The van der Waals surface area contributed by atoms with Gasteiger partial charge in [0.1, 0.15) is 12.1 Å². The van der Waals surface area contributed by atoms with Crippen molar-refractivity contribution in [1.29, 1.82) is 0 Å². The van der Waals surface area contributed by atoms with Crippen LogP contribution in [0.3, 0.4) is 0 Å². The van der Waals surface area contributed by atoms with Gasteiger partial charge in [-0.05, 0) is 35.6 Å². The van der Waals surface area contributed by atoms with Gasteiger partial charge in [-0.3, -0.25) is 9.59 Å². The average Bonchev–Trinajstić information content (AvgIpc) is 2.73. The molecule has 5 heteroatoms. The molecule has 0 aliphatic carbocycles. The Morgan fingerprint density at radius 3 is 2.34 bits per heavy atom. The van der Waals surface area contributed by atoms with E-state index in [0.717, 1.165) is 5.56 Å². The molecular formula is C24H30N2O3. The first kappa shape index (κ1) is 21.1. The second-order valence-electron chi connectivity index (χ2n) is 8.58. The maximum atomic E-state index is 12.9. The van der Waals surface area contributed by atoms with Gasteiger partial charge in [-0.1, -0.05) is 63.2 Å². The fourth-order valence-corrected chi connectivity index (χ4v) is 3.46. The number of morpholine rings is 1. The summed E-state index contributed by atoms with van der Waals surface area (Å²) in [4.78, 5) is 27.2. The van der Waals surface area contributed by atoms with E-state index in [1.54, 1.807) is 11.8 Å². The topological polar surface area (TPSA) is 58.6 Å². The van der Waals surface area contributed by atoms with Crippen LogP contribution in [0.5, 0.6) is 0 Å². The Morgan fingerprint density at radius 1 is 1.07 bits per heavy atom. The van der Waals surface area contributed by atoms with Gasteiger partial charge in [-0.25, -0.2) is 0 Å². The SMILES string of the molecule is C[C@H](NC(=O)c1ccc(C(C)(C)C)cc1)C(=O)N1CCOC(c2ccccc2)C1. The van der Waals surface area contributed by atoms with E-state index in [2.05, 4.69) is 26.1 Å². The number of carbonyl (C=O) groups excluding carboxylic acids is 2. The van der Waals surface area contributed by atoms with Crippen molar-refractivity contribution < 1.29 is 14.3 Å². The summed E-state index contributed by atoms with van der Waals surface area (Å²) in [6.07, 6.45) is -0.137. The molecule has 3 rings (SSSR count). The maximum Gasteiger partial charge on any atom is 0.251 e. The molecule has 0 saturated carbocycles. The third-order valence-electron chi connectivity index (χ3n) is 5.28. The number of benzene rings is 2. The normalized spacial score (nSPS) is 18.2. The molecule has 154 valence electrons. The van der Waals surface area contributed by atoms with E-state index >= 15 is 0 Å². The highest BCUT2D eigenvalue weighted by atomic mass is 16.5. The van der Waals surface area contributed by atoms with Gasteiger partial charge in [-0.2, -0.15) is 0 Å². The third kappa shape index (κ3) is 5.24. The van der Waals surface area contributed by atoms with Crippen molar-refractivity contribution in [3.63, 3.8) is 0 Å². The van der Waals surface area contributed by atoms with Gasteiger partial charge in [0.05, 0.1) is 13.2 Å². The van der Waals surface area contributed by atoms with E-state index in [0.29, 0.717) is 25.3 Å². The predicted molar refractivity (Wildman–Crippen MR) is 114 cm³/mol. The van der Waals surface area contributed by atoms with E-state index < -0.39 is 6.04 Å². The lowest BCUT2D eigenvalue weighted by molar-refractivity contribution is -0.140. The van der Waals surface area contributed by atoms with Gasteiger partial charge in [0.25, 0.3) is 5.91 Å². The standard InChI is InChI=1S/C24H30N2O3/c1-17(25-22(27)19-10-12-20(13-11-19)24(2,3)4)23(28)26-14-15-29-21(16-26)18-8-6-5-7-9-18/h5-13,17,21H,14-16H2,1-4H3,(H,25,27)/t17-,21?/m0/s1. The average molecular weight is 395 g/mol. The van der Waals surface area contributed by atoms with Gasteiger partial charge in [-0.15, -0.1) is 0 Å². The predicted octanol–water partition coefficient (Wildman–Crippen LogP) is 3.70. The van der Waals surface area contributed by atoms with Gasteiger partial charge < -0.3 is 15.0 Å². The largest absolute Gasteiger partial charge is 0.370 e. The van der Waals surface area contributed by atoms with Crippen molar-refractivity contribution in [3.05, 3.63) is 71.3 Å². The minimum Gasteiger partial charge on any atom is -0.370 e. The monoisotopic (exact) mass is 394 g/mol. The number of ether oxygens (including phenoxy) is 1. The first-order chi connectivity index (χ1) is 13.8. The molecule has 1 aliphatic heterocycles. The molecule has 29 heavy (non-hydrogen) atoms. The highest BCUT2D eigenvalue weighted by molar-refractivity contribution is 5.97. The first-order valence-electron chi connectivity index (χ1n) is 10.1. The Hall–Kier alpha value is -2.66. The van der Waals surface area contributed by atoms with E-state index in [4.69, 9.17) is 4.74 Å². The number of nitrogens with zero attached hydrogens (tertiary/aromatic N) is 1. The van der Waals surface area contributed by atoms with Crippen LogP contribution in [-0.4, -0.2) is 42.5 Å². The molecule has 0 bridgehead atoms. The summed E-state index contributed by atoms with van der Waals surface area (Å²) in [6.45, 7) is 9.64. The maximum absolute atomic E-state index is 12.9. The quantitative estimate of drug-likeness (QED) is 0.860. The van der Waals surface area contributed by atoms with Crippen LogP contribution < -0.4 is 5.32 Å². The number of rotatable bonds is 4. The van der Waals surface area contributed by atoms with Crippen molar-refractivity contribution in [1.82, 2.24) is 10.2 Å². The Bertz CT molecular complexity index is 841. The number of amides is 2. The molecule has 0 aromatic heterocycles. The van der Waals surface area contributed by atoms with Crippen molar-refractivity contribution in [2.45, 2.75) is 45.3 Å². The zero-order chi connectivity index (χ0) is 21.0. The molecule has 1 N–H and O–H groups in total. The van der Waals surface area contributed by atoms with E-state index in [1.165, 1.54) is 5.56 Å². The Labute approximate surface area is 173 Å². The molecule has 2 amide bonds. The first-order valence-corrected chi connectivity index (χ1v) is 10.1. The molecule has 0 spiro atoms. The minimum absolute atomic E-state index is 0.0316. The molecule has 2 aromatic rings. The Kier molecular flexibility index (Phi) is 6.38. The van der Waals surface area contributed by atoms with Crippen LogP contribution >= 0.6 is 0 Å². The van der Waals surface area contributed by atoms with Crippen LogP contribution in [0.4, 0.5) is 0 Å². The molecular weight excluding hydrogens is 364 g/mol. The molecule has 1 saturated heterocycles. The van der Waals surface area contributed by atoms with Gasteiger partial charge in [0.2, 0.25) is 5.91 Å². The summed E-state index contributed by atoms with van der Waals surface area (Å²) in [6, 6.07) is 16.9. The molecule has 1 fully saturated rings. The summed E-state index contributed by atoms with van der Waals surface area (Å²) >= 11 is 0. The summed E-state index contributed by atoms with van der Waals surface area (Å²) in [5.41, 5.74) is 2.81. The fraction of sp³-hybridized carbons (Fsp3) is 0.417. The van der Waals surface area contributed by atoms with Gasteiger partial charge in [0.15, 0.2) is 0 Å². The number of carbonyl (C=O) groups is 2. The Balaban J connectivity index is 1.60. The lowest BCUT2D eigenvalue weighted by Gasteiger charge is -2.34. The zero-order valence-corrected chi connectivity index (χ0v) is 17.6. The highest BCUT2D eigenvalue weighted by Gasteiger charge is 2.29. The fourth-order valence-electron chi connectivity index (χ4n) is 3.46. The summed E-state index contributed by atoms with van der Waals surface area (Å²) in [7, 11) is 0. The Morgan fingerprint density at radius 2 is 1.72 bits per heavy atom. The van der Waals surface area contributed by atoms with E-state index in [9.17, 15) is 9.59 Å². The van der Waals surface area contributed by atoms with Crippen LogP contribution in [0.1, 0.15) is 55.3 Å².